The van der Waals surface area contributed by atoms with E-state index in [1.165, 1.54) is 11.3 Å². The Bertz CT molecular complexity index is 454. The molecule has 0 aliphatic rings. The molecule has 0 saturated carbocycles. The lowest BCUT2D eigenvalue weighted by molar-refractivity contribution is 0.0940. The second kappa shape index (κ2) is 7.20. The summed E-state index contributed by atoms with van der Waals surface area (Å²) in [5.74, 6) is 5.82. The molecule has 0 fully saturated rings. The van der Waals surface area contributed by atoms with E-state index in [-0.39, 0.29) is 18.6 Å². The van der Waals surface area contributed by atoms with E-state index in [0.717, 1.165) is 6.42 Å². The van der Waals surface area contributed by atoms with Crippen molar-refractivity contribution in [2.45, 2.75) is 33.2 Å². The fraction of sp³-hybridized carbons (Fsp3) is 0.500. The highest BCUT2D eigenvalue weighted by atomic mass is 32.1. The number of aliphatic hydroxyl groups is 1. The second-order valence-electron chi connectivity index (χ2n) is 4.63. The maximum Gasteiger partial charge on any atom is 0.262 e. The zero-order chi connectivity index (χ0) is 13.5. The summed E-state index contributed by atoms with van der Waals surface area (Å²) in [7, 11) is 0. The van der Waals surface area contributed by atoms with E-state index in [4.69, 9.17) is 5.11 Å². The lowest BCUT2D eigenvalue weighted by Crippen LogP contribution is -2.33. The van der Waals surface area contributed by atoms with Gasteiger partial charge in [-0.2, -0.15) is 0 Å². The van der Waals surface area contributed by atoms with Crippen LogP contribution >= 0.6 is 11.3 Å². The molecular weight excluding hydrogens is 246 g/mol. The second-order valence-corrected chi connectivity index (χ2v) is 5.54. The molecule has 3 nitrogen and oxygen atoms in total. The molecule has 0 saturated heterocycles. The molecule has 0 aliphatic carbocycles. The predicted molar refractivity (Wildman–Crippen MR) is 74.7 cm³/mol. The van der Waals surface area contributed by atoms with Gasteiger partial charge in [0.25, 0.3) is 5.91 Å². The Labute approximate surface area is 112 Å². The van der Waals surface area contributed by atoms with Crippen LogP contribution in [0.15, 0.2) is 11.4 Å². The zero-order valence-corrected chi connectivity index (χ0v) is 11.8. The van der Waals surface area contributed by atoms with E-state index in [1.54, 1.807) is 6.07 Å². The molecular formula is C14H19NO2S. The highest BCUT2D eigenvalue weighted by molar-refractivity contribution is 7.12. The van der Waals surface area contributed by atoms with Crippen LogP contribution in [0, 0.1) is 17.8 Å². The van der Waals surface area contributed by atoms with Gasteiger partial charge >= 0.3 is 0 Å². The van der Waals surface area contributed by atoms with Gasteiger partial charge in [-0.25, -0.2) is 0 Å². The molecule has 4 heteroatoms. The first kappa shape index (κ1) is 14.7. The third-order valence-corrected chi connectivity index (χ3v) is 3.29. The summed E-state index contributed by atoms with van der Waals surface area (Å²) in [6.45, 7) is 6.07. The van der Waals surface area contributed by atoms with Gasteiger partial charge in [0.2, 0.25) is 0 Å². The van der Waals surface area contributed by atoms with E-state index in [0.29, 0.717) is 16.4 Å². The largest absolute Gasteiger partial charge is 0.384 e. The minimum absolute atomic E-state index is 0.0830. The summed E-state index contributed by atoms with van der Waals surface area (Å²) in [6, 6.07) is 1.95. The van der Waals surface area contributed by atoms with Gasteiger partial charge < -0.3 is 10.4 Å². The van der Waals surface area contributed by atoms with Gasteiger partial charge in [0.15, 0.2) is 0 Å². The molecule has 1 unspecified atom stereocenters. The monoisotopic (exact) mass is 265 g/mol. The highest BCUT2D eigenvalue weighted by Gasteiger charge is 2.15. The molecule has 0 aromatic carbocycles. The maximum atomic E-state index is 12.1. The molecule has 1 amide bonds. The molecule has 1 atom stereocenters. The van der Waals surface area contributed by atoms with Crippen LogP contribution in [0.1, 0.15) is 42.4 Å². The summed E-state index contributed by atoms with van der Waals surface area (Å²) in [5.41, 5.74) is 0.684. The quantitative estimate of drug-likeness (QED) is 0.820. The normalized spacial score (nSPS) is 11.8. The summed E-state index contributed by atoms with van der Waals surface area (Å²) >= 11 is 1.37. The molecule has 2 N–H and O–H groups in total. The van der Waals surface area contributed by atoms with Crippen molar-refractivity contribution in [2.24, 2.45) is 5.92 Å². The van der Waals surface area contributed by atoms with E-state index in [2.05, 4.69) is 31.0 Å². The van der Waals surface area contributed by atoms with Crippen LogP contribution in [-0.4, -0.2) is 23.7 Å². The number of carbonyl (C=O) groups is 1. The number of rotatable bonds is 4. The predicted octanol–water partition coefficient (Wildman–Crippen LogP) is 2.26. The average molecular weight is 265 g/mol. The Kier molecular flexibility index (Phi) is 5.90. The fourth-order valence-electron chi connectivity index (χ4n) is 1.77. The number of aliphatic hydroxyl groups excluding tert-OH is 1. The molecule has 1 aromatic heterocycles. The van der Waals surface area contributed by atoms with Crippen LogP contribution in [0.3, 0.4) is 0 Å². The first-order valence-corrected chi connectivity index (χ1v) is 6.90. The number of thiophene rings is 1. The topological polar surface area (TPSA) is 49.3 Å². The third-order valence-electron chi connectivity index (χ3n) is 2.38. The average Bonchev–Trinajstić information content (AvgIpc) is 2.72. The number of hydrogen-bond acceptors (Lipinski definition) is 3. The molecule has 0 spiro atoms. The van der Waals surface area contributed by atoms with Gasteiger partial charge in [-0.15, -0.1) is 11.3 Å². The van der Waals surface area contributed by atoms with Crippen LogP contribution < -0.4 is 5.32 Å². The van der Waals surface area contributed by atoms with E-state index >= 15 is 0 Å². The van der Waals surface area contributed by atoms with Gasteiger partial charge in [0.1, 0.15) is 11.5 Å². The van der Waals surface area contributed by atoms with Crippen LogP contribution in [0.2, 0.25) is 0 Å². The van der Waals surface area contributed by atoms with E-state index in [9.17, 15) is 4.79 Å². The summed E-state index contributed by atoms with van der Waals surface area (Å²) in [4.78, 5) is 12.7. The van der Waals surface area contributed by atoms with Gasteiger partial charge in [0, 0.05) is 11.6 Å². The number of nitrogens with one attached hydrogen (secondary N) is 1. The minimum Gasteiger partial charge on any atom is -0.384 e. The lowest BCUT2D eigenvalue weighted by Gasteiger charge is -2.15. The van der Waals surface area contributed by atoms with Crippen LogP contribution in [0.4, 0.5) is 0 Å². The zero-order valence-electron chi connectivity index (χ0n) is 11.0. The van der Waals surface area contributed by atoms with Crippen molar-refractivity contribution < 1.29 is 9.90 Å². The van der Waals surface area contributed by atoms with Crippen molar-refractivity contribution in [2.75, 3.05) is 6.61 Å². The summed E-state index contributed by atoms with van der Waals surface area (Å²) in [6.07, 6.45) is 0.953. The Hall–Kier alpha value is -1.31. The molecule has 0 radical (unpaired) electrons. The van der Waals surface area contributed by atoms with Gasteiger partial charge in [0.05, 0.1) is 0 Å². The standard InChI is InChI=1S/C14H19NO2S/c1-10(2)9-11(3)15-14(17)13-12(5-4-7-16)6-8-18-13/h6,8,10-11,16H,7,9H2,1-3H3,(H,15,17). The molecule has 0 bridgehead atoms. The molecule has 1 heterocycles. The Morgan fingerprint density at radius 2 is 2.22 bits per heavy atom. The van der Waals surface area contributed by atoms with Crippen LogP contribution in [0.25, 0.3) is 0 Å². The van der Waals surface area contributed by atoms with Gasteiger partial charge in [-0.05, 0) is 30.7 Å². The first-order chi connectivity index (χ1) is 8.54. The summed E-state index contributed by atoms with van der Waals surface area (Å²) in [5, 5.41) is 13.5. The number of hydrogen-bond donors (Lipinski definition) is 2. The smallest absolute Gasteiger partial charge is 0.262 e. The Balaban J connectivity index is 2.70. The minimum atomic E-state index is -0.194. The van der Waals surface area contributed by atoms with Crippen LogP contribution in [-0.2, 0) is 0 Å². The molecule has 1 rings (SSSR count). The number of amides is 1. The Morgan fingerprint density at radius 1 is 1.50 bits per heavy atom. The van der Waals surface area contributed by atoms with E-state index < -0.39 is 0 Å². The fourth-order valence-corrected chi connectivity index (χ4v) is 2.53. The van der Waals surface area contributed by atoms with Crippen molar-refractivity contribution >= 4 is 17.2 Å². The molecule has 18 heavy (non-hydrogen) atoms. The van der Waals surface area contributed by atoms with Crippen molar-refractivity contribution in [3.8, 4) is 11.8 Å². The number of carbonyl (C=O) groups excluding carboxylic acids is 1. The van der Waals surface area contributed by atoms with Gasteiger partial charge in [-0.3, -0.25) is 4.79 Å². The summed E-state index contributed by atoms with van der Waals surface area (Å²) < 4.78 is 0. The van der Waals surface area contributed by atoms with Crippen molar-refractivity contribution in [3.63, 3.8) is 0 Å². The molecule has 1 aromatic rings. The molecule has 0 aliphatic heterocycles. The van der Waals surface area contributed by atoms with Gasteiger partial charge in [-0.1, -0.05) is 25.7 Å². The maximum absolute atomic E-state index is 12.1. The molecule has 98 valence electrons. The van der Waals surface area contributed by atoms with Crippen LogP contribution in [0.5, 0.6) is 0 Å². The van der Waals surface area contributed by atoms with Crippen molar-refractivity contribution in [1.29, 1.82) is 0 Å². The first-order valence-electron chi connectivity index (χ1n) is 6.02. The SMILES string of the molecule is CC(C)CC(C)NC(=O)c1sccc1C#CCO. The van der Waals surface area contributed by atoms with Crippen molar-refractivity contribution in [1.82, 2.24) is 5.32 Å². The van der Waals surface area contributed by atoms with Crippen molar-refractivity contribution in [3.05, 3.63) is 21.9 Å². The highest BCUT2D eigenvalue weighted by Crippen LogP contribution is 2.16. The lowest BCUT2D eigenvalue weighted by atomic mass is 10.1. The van der Waals surface area contributed by atoms with E-state index in [1.807, 2.05) is 12.3 Å². The Morgan fingerprint density at radius 3 is 2.83 bits per heavy atom. The third kappa shape index (κ3) is 4.52.